The molecule has 1 atom stereocenters. The smallest absolute Gasteiger partial charge is 0.239 e. The molecule has 1 N–H and O–H groups in total. The molecule has 1 aromatic carbocycles. The van der Waals surface area contributed by atoms with Gasteiger partial charge >= 0.3 is 0 Å². The summed E-state index contributed by atoms with van der Waals surface area (Å²) >= 11 is 0. The summed E-state index contributed by atoms with van der Waals surface area (Å²) in [7, 11) is 0. The molecule has 1 fully saturated rings. The second kappa shape index (κ2) is 6.49. The van der Waals surface area contributed by atoms with Crippen LogP contribution in [0.1, 0.15) is 30.9 Å². The Morgan fingerprint density at radius 1 is 1.50 bits per heavy atom. The number of rotatable bonds is 4. The molecule has 1 amide bonds. The highest BCUT2D eigenvalue weighted by Gasteiger charge is 2.22. The monoisotopic (exact) mass is 275 g/mol. The van der Waals surface area contributed by atoms with E-state index in [9.17, 15) is 9.18 Å². The van der Waals surface area contributed by atoms with Gasteiger partial charge < -0.3 is 10.2 Å². The lowest BCUT2D eigenvalue weighted by Gasteiger charge is -2.21. The molecule has 1 saturated heterocycles. The molecule has 1 aliphatic heterocycles. The first kappa shape index (κ1) is 14.5. The van der Waals surface area contributed by atoms with E-state index >= 15 is 0 Å². The molecule has 0 radical (unpaired) electrons. The van der Waals surface area contributed by atoms with Crippen molar-refractivity contribution in [1.82, 2.24) is 10.2 Å². The number of carbonyl (C=O) groups excluding carboxylic acids is 1. The Bertz CT molecular complexity index is 532. The van der Waals surface area contributed by atoms with Gasteiger partial charge in [-0.05, 0) is 37.5 Å². The molecule has 0 aliphatic carbocycles. The largest absolute Gasteiger partial charge is 0.341 e. The average Bonchev–Trinajstić information content (AvgIpc) is 2.99. The van der Waals surface area contributed by atoms with Crippen LogP contribution in [-0.2, 0) is 11.3 Å². The molecule has 0 aromatic heterocycles. The highest BCUT2D eigenvalue weighted by atomic mass is 19.1. The van der Waals surface area contributed by atoms with Gasteiger partial charge in [0.25, 0.3) is 0 Å². The number of benzene rings is 1. The molecule has 5 heteroatoms. The van der Waals surface area contributed by atoms with Crippen LogP contribution in [0.15, 0.2) is 18.2 Å². The van der Waals surface area contributed by atoms with E-state index in [1.54, 1.807) is 6.07 Å². The second-order valence-corrected chi connectivity index (χ2v) is 5.06. The zero-order valence-electron chi connectivity index (χ0n) is 11.5. The lowest BCUT2D eigenvalue weighted by molar-refractivity contribution is -0.131. The fourth-order valence-electron chi connectivity index (χ4n) is 2.34. The summed E-state index contributed by atoms with van der Waals surface area (Å²) in [5.41, 5.74) is 0.826. The quantitative estimate of drug-likeness (QED) is 0.911. The minimum Gasteiger partial charge on any atom is -0.341 e. The lowest BCUT2D eigenvalue weighted by atomic mass is 10.1. The molecule has 106 valence electrons. The summed E-state index contributed by atoms with van der Waals surface area (Å²) < 4.78 is 13.2. The number of nitrogens with zero attached hydrogens (tertiary/aromatic N) is 2. The Balaban J connectivity index is 1.91. The van der Waals surface area contributed by atoms with E-state index < -0.39 is 5.82 Å². The number of nitriles is 1. The molecule has 0 saturated carbocycles. The van der Waals surface area contributed by atoms with Crippen LogP contribution < -0.4 is 5.32 Å². The summed E-state index contributed by atoms with van der Waals surface area (Å²) in [6.45, 7) is 3.94. The van der Waals surface area contributed by atoms with E-state index in [1.807, 2.05) is 17.9 Å². The third-order valence-electron chi connectivity index (χ3n) is 3.55. The van der Waals surface area contributed by atoms with Crippen molar-refractivity contribution < 1.29 is 9.18 Å². The Hall–Kier alpha value is -1.93. The van der Waals surface area contributed by atoms with Crippen molar-refractivity contribution in [3.63, 3.8) is 0 Å². The Morgan fingerprint density at radius 3 is 2.85 bits per heavy atom. The molecule has 20 heavy (non-hydrogen) atoms. The highest BCUT2D eigenvalue weighted by Crippen LogP contribution is 2.11. The lowest BCUT2D eigenvalue weighted by Crippen LogP contribution is -2.43. The Morgan fingerprint density at radius 2 is 2.20 bits per heavy atom. The van der Waals surface area contributed by atoms with Gasteiger partial charge in [-0.15, -0.1) is 0 Å². The van der Waals surface area contributed by atoms with Gasteiger partial charge in [0.2, 0.25) is 5.91 Å². The predicted molar refractivity (Wildman–Crippen MR) is 73.2 cm³/mol. The molecule has 0 spiro atoms. The van der Waals surface area contributed by atoms with Crippen LogP contribution in [0.3, 0.4) is 0 Å². The molecular weight excluding hydrogens is 257 g/mol. The minimum absolute atomic E-state index is 0.0304. The normalized spacial score (nSPS) is 15.9. The summed E-state index contributed by atoms with van der Waals surface area (Å²) in [6.07, 6.45) is 2.14. The zero-order valence-corrected chi connectivity index (χ0v) is 11.5. The number of hydrogen-bond acceptors (Lipinski definition) is 3. The fraction of sp³-hybridized carbons (Fsp3) is 0.467. The first-order valence-corrected chi connectivity index (χ1v) is 6.82. The first-order valence-electron chi connectivity index (χ1n) is 6.82. The number of nitrogens with one attached hydrogen (secondary N) is 1. The van der Waals surface area contributed by atoms with Crippen molar-refractivity contribution in [2.24, 2.45) is 0 Å². The summed E-state index contributed by atoms with van der Waals surface area (Å²) in [5, 5.41) is 11.9. The van der Waals surface area contributed by atoms with E-state index in [1.165, 1.54) is 12.1 Å². The number of carbonyl (C=O) groups is 1. The first-order chi connectivity index (χ1) is 9.61. The number of likely N-dealkylation sites (tertiary alicyclic amines) is 1. The Kier molecular flexibility index (Phi) is 4.70. The molecule has 1 aromatic rings. The van der Waals surface area contributed by atoms with Crippen LogP contribution >= 0.6 is 0 Å². The maximum atomic E-state index is 13.2. The predicted octanol–water partition coefficient (Wildman–Crippen LogP) is 1.80. The zero-order chi connectivity index (χ0) is 14.5. The van der Waals surface area contributed by atoms with Crippen molar-refractivity contribution in [3.05, 3.63) is 35.1 Å². The molecule has 2 rings (SSSR count). The van der Waals surface area contributed by atoms with Crippen LogP contribution in [0.5, 0.6) is 0 Å². The topological polar surface area (TPSA) is 56.1 Å². The second-order valence-electron chi connectivity index (χ2n) is 5.06. The van der Waals surface area contributed by atoms with E-state index in [2.05, 4.69) is 5.32 Å². The van der Waals surface area contributed by atoms with Crippen LogP contribution in [0.25, 0.3) is 0 Å². The van der Waals surface area contributed by atoms with Gasteiger partial charge in [0.15, 0.2) is 0 Å². The average molecular weight is 275 g/mol. The molecule has 4 nitrogen and oxygen atoms in total. The molecular formula is C15H18FN3O. The van der Waals surface area contributed by atoms with Crippen LogP contribution in [0.4, 0.5) is 4.39 Å². The maximum absolute atomic E-state index is 13.2. The van der Waals surface area contributed by atoms with E-state index in [-0.39, 0.29) is 17.5 Å². The highest BCUT2D eigenvalue weighted by molar-refractivity contribution is 5.81. The number of hydrogen-bond donors (Lipinski definition) is 1. The molecule has 0 bridgehead atoms. The van der Waals surface area contributed by atoms with Crippen molar-refractivity contribution in [3.8, 4) is 6.07 Å². The fourth-order valence-corrected chi connectivity index (χ4v) is 2.34. The van der Waals surface area contributed by atoms with Gasteiger partial charge in [-0.2, -0.15) is 5.26 Å². The summed E-state index contributed by atoms with van der Waals surface area (Å²) in [4.78, 5) is 14.0. The molecule has 1 aliphatic rings. The Labute approximate surface area is 118 Å². The van der Waals surface area contributed by atoms with Crippen LogP contribution in [0.2, 0.25) is 0 Å². The van der Waals surface area contributed by atoms with Crippen molar-refractivity contribution in [2.75, 3.05) is 13.1 Å². The van der Waals surface area contributed by atoms with Crippen LogP contribution in [0, 0.1) is 17.1 Å². The van der Waals surface area contributed by atoms with Crippen molar-refractivity contribution in [2.45, 2.75) is 32.4 Å². The third kappa shape index (κ3) is 3.34. The molecule has 1 unspecified atom stereocenters. The van der Waals surface area contributed by atoms with Gasteiger partial charge in [0, 0.05) is 19.6 Å². The summed E-state index contributed by atoms with van der Waals surface area (Å²) in [6, 6.07) is 5.95. The number of amides is 1. The van der Waals surface area contributed by atoms with Gasteiger partial charge in [0.05, 0.1) is 11.6 Å². The van der Waals surface area contributed by atoms with E-state index in [0.717, 1.165) is 31.5 Å². The molecule has 1 heterocycles. The van der Waals surface area contributed by atoms with Gasteiger partial charge in [-0.25, -0.2) is 4.39 Å². The standard InChI is InChI=1S/C15H18FN3O/c1-11(15(20)19-6-2-3-7-19)18-10-12-4-5-14(16)13(8-12)9-17/h4-5,8,11,18H,2-3,6-7,10H2,1H3. The third-order valence-corrected chi connectivity index (χ3v) is 3.55. The van der Waals surface area contributed by atoms with Crippen molar-refractivity contribution in [1.29, 1.82) is 5.26 Å². The minimum atomic E-state index is -0.516. The van der Waals surface area contributed by atoms with Gasteiger partial charge in [0.1, 0.15) is 11.9 Å². The van der Waals surface area contributed by atoms with Crippen LogP contribution in [-0.4, -0.2) is 29.9 Å². The maximum Gasteiger partial charge on any atom is 0.239 e. The SMILES string of the molecule is CC(NCc1ccc(F)c(C#N)c1)C(=O)N1CCCC1. The van der Waals surface area contributed by atoms with E-state index in [4.69, 9.17) is 5.26 Å². The van der Waals surface area contributed by atoms with Gasteiger partial charge in [-0.3, -0.25) is 4.79 Å². The van der Waals surface area contributed by atoms with Gasteiger partial charge in [-0.1, -0.05) is 6.07 Å². The van der Waals surface area contributed by atoms with Crippen molar-refractivity contribution >= 4 is 5.91 Å². The number of halogens is 1. The van der Waals surface area contributed by atoms with E-state index in [0.29, 0.717) is 6.54 Å². The summed E-state index contributed by atoms with van der Waals surface area (Å²) in [5.74, 6) is -0.414.